The van der Waals surface area contributed by atoms with Crippen molar-refractivity contribution in [2.75, 3.05) is 24.7 Å². The highest BCUT2D eigenvalue weighted by Gasteiger charge is 2.48. The van der Waals surface area contributed by atoms with Crippen LogP contribution in [-0.2, 0) is 15.3 Å². The average Bonchev–Trinajstić information content (AvgIpc) is 3.61. The van der Waals surface area contributed by atoms with Gasteiger partial charge in [0.25, 0.3) is 5.78 Å². The normalized spacial score (nSPS) is 17.2. The van der Waals surface area contributed by atoms with Crippen LogP contribution in [0.5, 0.6) is 17.2 Å². The van der Waals surface area contributed by atoms with Crippen LogP contribution in [0.25, 0.3) is 5.76 Å². The zero-order valence-corrected chi connectivity index (χ0v) is 27.0. The van der Waals surface area contributed by atoms with E-state index < -0.39 is 17.7 Å². The van der Waals surface area contributed by atoms with Crippen molar-refractivity contribution in [1.29, 1.82) is 0 Å². The van der Waals surface area contributed by atoms with Gasteiger partial charge in [0.2, 0.25) is 5.13 Å². The molecule has 0 aliphatic carbocycles. The fourth-order valence-corrected chi connectivity index (χ4v) is 7.14. The van der Waals surface area contributed by atoms with E-state index in [4.69, 9.17) is 25.8 Å². The summed E-state index contributed by atoms with van der Waals surface area (Å²) in [5, 5.41) is 21.1. The Hall–Kier alpha value is -4.06. The van der Waals surface area contributed by atoms with Crippen molar-refractivity contribution in [3.05, 3.63) is 94.0 Å². The predicted molar refractivity (Wildman–Crippen MR) is 175 cm³/mol. The highest BCUT2D eigenvalue weighted by Crippen LogP contribution is 2.45. The van der Waals surface area contributed by atoms with Gasteiger partial charge in [-0.25, -0.2) is 0 Å². The van der Waals surface area contributed by atoms with Crippen LogP contribution >= 0.6 is 34.7 Å². The standard InChI is InChI=1S/C33H30ClN3O6S2/c1-19(2)12-13-41-23-8-5-7-20(16-23)28-27(29(38)21-10-11-25-26(17-21)43-15-14-42-25)30(39)31(40)37(28)32-35-36-33(45-32)44-18-22-6-3-4-9-24(22)34/h3-11,16-17,19,28,38H,12-15,18H2,1-2H3/b29-27+. The van der Waals surface area contributed by atoms with Gasteiger partial charge in [0.05, 0.1) is 18.2 Å². The van der Waals surface area contributed by atoms with Crippen LogP contribution in [0.3, 0.4) is 0 Å². The quantitative estimate of drug-likeness (QED) is 0.0614. The number of Topliss-reactive ketones (excluding diaryl/α,β-unsaturated/α-hetero) is 1. The van der Waals surface area contributed by atoms with Gasteiger partial charge in [0.15, 0.2) is 15.8 Å². The molecule has 12 heteroatoms. The largest absolute Gasteiger partial charge is 0.507 e. The Balaban J connectivity index is 1.38. The molecular weight excluding hydrogens is 634 g/mol. The Labute approximate surface area is 273 Å². The van der Waals surface area contributed by atoms with E-state index >= 15 is 0 Å². The number of hydrogen-bond acceptors (Lipinski definition) is 10. The molecule has 4 aromatic rings. The monoisotopic (exact) mass is 663 g/mol. The molecule has 1 N–H and O–H groups in total. The van der Waals surface area contributed by atoms with Gasteiger partial charge >= 0.3 is 5.91 Å². The van der Waals surface area contributed by atoms with Crippen LogP contribution < -0.4 is 19.1 Å². The summed E-state index contributed by atoms with van der Waals surface area (Å²) in [6.45, 7) is 5.53. The van der Waals surface area contributed by atoms with Crippen molar-refractivity contribution in [2.24, 2.45) is 5.92 Å². The molecule has 1 unspecified atom stereocenters. The van der Waals surface area contributed by atoms with Crippen molar-refractivity contribution in [2.45, 2.75) is 36.4 Å². The molecule has 1 atom stereocenters. The Kier molecular flexibility index (Phi) is 9.29. The lowest BCUT2D eigenvalue weighted by Gasteiger charge is -2.23. The van der Waals surface area contributed by atoms with Crippen LogP contribution in [0, 0.1) is 5.92 Å². The summed E-state index contributed by atoms with van der Waals surface area (Å²) in [5.74, 6) is 0.610. The Morgan fingerprint density at radius 2 is 1.87 bits per heavy atom. The van der Waals surface area contributed by atoms with Crippen LogP contribution in [0.1, 0.15) is 43.0 Å². The van der Waals surface area contributed by atoms with Crippen LogP contribution in [-0.4, -0.2) is 46.8 Å². The molecule has 232 valence electrons. The number of amides is 1. The number of thioether (sulfide) groups is 1. The van der Waals surface area contributed by atoms with Gasteiger partial charge in [0.1, 0.15) is 24.7 Å². The minimum absolute atomic E-state index is 0.0727. The summed E-state index contributed by atoms with van der Waals surface area (Å²) >= 11 is 8.94. The van der Waals surface area contributed by atoms with E-state index in [0.717, 1.165) is 12.0 Å². The number of carbonyl (C=O) groups excluding carboxylic acids is 2. The molecule has 9 nitrogen and oxygen atoms in total. The minimum Gasteiger partial charge on any atom is -0.507 e. The van der Waals surface area contributed by atoms with Crippen molar-refractivity contribution in [3.8, 4) is 17.2 Å². The second kappa shape index (κ2) is 13.5. The molecule has 1 aromatic heterocycles. The lowest BCUT2D eigenvalue weighted by Crippen LogP contribution is -2.29. The van der Waals surface area contributed by atoms with Crippen molar-refractivity contribution < 1.29 is 28.9 Å². The number of carbonyl (C=O) groups is 2. The van der Waals surface area contributed by atoms with E-state index in [1.165, 1.54) is 28.0 Å². The third-order valence-corrected chi connectivity index (χ3v) is 9.78. The summed E-state index contributed by atoms with van der Waals surface area (Å²) in [4.78, 5) is 28.7. The zero-order valence-electron chi connectivity index (χ0n) is 24.6. The first-order valence-corrected chi connectivity index (χ1v) is 16.6. The van der Waals surface area contributed by atoms with E-state index in [-0.39, 0.29) is 16.5 Å². The first kappa shape index (κ1) is 30.9. The molecule has 6 rings (SSSR count). The first-order chi connectivity index (χ1) is 21.8. The second-order valence-electron chi connectivity index (χ2n) is 10.9. The molecule has 3 heterocycles. The van der Waals surface area contributed by atoms with E-state index in [1.54, 1.807) is 36.4 Å². The first-order valence-electron chi connectivity index (χ1n) is 14.4. The average molecular weight is 664 g/mol. The van der Waals surface area contributed by atoms with Crippen LogP contribution in [0.2, 0.25) is 5.02 Å². The van der Waals surface area contributed by atoms with Gasteiger partial charge in [-0.15, -0.1) is 10.2 Å². The predicted octanol–water partition coefficient (Wildman–Crippen LogP) is 7.31. The maximum Gasteiger partial charge on any atom is 0.301 e. The molecule has 1 fully saturated rings. The number of anilines is 1. The lowest BCUT2D eigenvalue weighted by molar-refractivity contribution is -0.132. The van der Waals surface area contributed by atoms with E-state index in [1.807, 2.05) is 30.3 Å². The molecule has 2 aliphatic rings. The number of aliphatic hydroxyl groups is 1. The number of aromatic nitrogens is 2. The summed E-state index contributed by atoms with van der Waals surface area (Å²) in [6.07, 6.45) is 0.867. The molecule has 0 spiro atoms. The number of halogens is 1. The smallest absolute Gasteiger partial charge is 0.301 e. The third kappa shape index (κ3) is 6.66. The topological polar surface area (TPSA) is 111 Å². The number of fused-ring (bicyclic) bond motifs is 1. The highest BCUT2D eigenvalue weighted by molar-refractivity contribution is 8.00. The number of nitrogens with zero attached hydrogens (tertiary/aromatic N) is 3. The summed E-state index contributed by atoms with van der Waals surface area (Å²) in [5.41, 5.74) is 1.77. The molecule has 1 saturated heterocycles. The minimum atomic E-state index is -0.985. The van der Waals surface area contributed by atoms with Gasteiger partial charge in [0, 0.05) is 16.3 Å². The van der Waals surface area contributed by atoms with Crippen molar-refractivity contribution in [1.82, 2.24) is 10.2 Å². The van der Waals surface area contributed by atoms with E-state index in [0.29, 0.717) is 69.2 Å². The third-order valence-electron chi connectivity index (χ3n) is 7.31. The number of ketones is 1. The number of hydrogen-bond donors (Lipinski definition) is 1. The maximum absolute atomic E-state index is 13.7. The molecule has 1 amide bonds. The van der Waals surface area contributed by atoms with E-state index in [9.17, 15) is 14.7 Å². The lowest BCUT2D eigenvalue weighted by atomic mass is 9.95. The zero-order chi connectivity index (χ0) is 31.5. The van der Waals surface area contributed by atoms with Gasteiger partial charge in [-0.2, -0.15) is 0 Å². The highest BCUT2D eigenvalue weighted by atomic mass is 35.5. The molecular formula is C33H30ClN3O6S2. The van der Waals surface area contributed by atoms with Crippen LogP contribution in [0.15, 0.2) is 76.6 Å². The second-order valence-corrected chi connectivity index (χ2v) is 13.4. The number of ether oxygens (including phenoxy) is 3. The molecule has 0 bridgehead atoms. The van der Waals surface area contributed by atoms with Gasteiger partial charge in [-0.3, -0.25) is 14.5 Å². The number of benzene rings is 3. The van der Waals surface area contributed by atoms with Crippen molar-refractivity contribution >= 4 is 57.3 Å². The van der Waals surface area contributed by atoms with Gasteiger partial charge in [-0.1, -0.05) is 78.9 Å². The molecule has 3 aromatic carbocycles. The molecule has 45 heavy (non-hydrogen) atoms. The van der Waals surface area contributed by atoms with Crippen molar-refractivity contribution in [3.63, 3.8) is 0 Å². The van der Waals surface area contributed by atoms with Gasteiger partial charge < -0.3 is 19.3 Å². The Morgan fingerprint density at radius 1 is 1.07 bits per heavy atom. The summed E-state index contributed by atoms with van der Waals surface area (Å²) in [6, 6.07) is 18.7. The molecule has 0 radical (unpaired) electrons. The SMILES string of the molecule is CC(C)CCOc1cccc(C2/C(=C(\O)c3ccc4c(c3)OCCO4)C(=O)C(=O)N2c2nnc(SCc3ccccc3Cl)s2)c1. The van der Waals surface area contributed by atoms with E-state index in [2.05, 4.69) is 24.0 Å². The van der Waals surface area contributed by atoms with Crippen LogP contribution in [0.4, 0.5) is 5.13 Å². The number of aliphatic hydroxyl groups excluding tert-OH is 1. The molecule has 0 saturated carbocycles. The Morgan fingerprint density at radius 3 is 2.67 bits per heavy atom. The maximum atomic E-state index is 13.7. The Bertz CT molecular complexity index is 1770. The molecule has 2 aliphatic heterocycles. The summed E-state index contributed by atoms with van der Waals surface area (Å²) < 4.78 is 17.9. The summed E-state index contributed by atoms with van der Waals surface area (Å²) in [7, 11) is 0. The van der Waals surface area contributed by atoms with Gasteiger partial charge in [-0.05, 0) is 59.9 Å². The fraction of sp³-hybridized carbons (Fsp3) is 0.273. The number of rotatable bonds is 10. The fourth-order valence-electron chi connectivity index (χ4n) is 4.99.